The second-order valence-electron chi connectivity index (χ2n) is 4.25. The smallest absolute Gasteiger partial charge is 0.337 e. The number of amides is 1. The summed E-state index contributed by atoms with van der Waals surface area (Å²) in [5, 5.41) is 2.73. The number of methoxy groups -OCH3 is 1. The Kier molecular flexibility index (Phi) is 4.85. The van der Waals surface area contributed by atoms with Crippen molar-refractivity contribution < 1.29 is 14.3 Å². The number of nitrogens with one attached hydrogen (secondary N) is 1. The van der Waals surface area contributed by atoms with Crippen LogP contribution in [0.2, 0.25) is 0 Å². The Bertz CT molecular complexity index is 456. The molecule has 18 heavy (non-hydrogen) atoms. The van der Waals surface area contributed by atoms with Crippen molar-refractivity contribution in [1.29, 1.82) is 0 Å². The van der Waals surface area contributed by atoms with Gasteiger partial charge in [-0.2, -0.15) is 0 Å². The molecule has 1 amide bonds. The van der Waals surface area contributed by atoms with Crippen LogP contribution in [0.3, 0.4) is 0 Å². The SMILES string of the molecule is COC(=O)c1ccc(C)c(NC(=O)CC(C)N)c1. The molecule has 0 radical (unpaired) electrons. The summed E-state index contributed by atoms with van der Waals surface area (Å²) < 4.78 is 4.63. The molecule has 1 aromatic rings. The number of hydrogen-bond donors (Lipinski definition) is 2. The van der Waals surface area contributed by atoms with Crippen molar-refractivity contribution in [2.45, 2.75) is 26.3 Å². The molecular weight excluding hydrogens is 232 g/mol. The van der Waals surface area contributed by atoms with E-state index in [4.69, 9.17) is 5.73 Å². The summed E-state index contributed by atoms with van der Waals surface area (Å²) >= 11 is 0. The van der Waals surface area contributed by atoms with Gasteiger partial charge in [0.05, 0.1) is 12.7 Å². The van der Waals surface area contributed by atoms with Crippen molar-refractivity contribution in [3.05, 3.63) is 29.3 Å². The molecule has 0 spiro atoms. The summed E-state index contributed by atoms with van der Waals surface area (Å²) in [6.07, 6.45) is 0.238. The number of esters is 1. The average molecular weight is 250 g/mol. The number of hydrogen-bond acceptors (Lipinski definition) is 4. The molecule has 0 aliphatic carbocycles. The zero-order valence-electron chi connectivity index (χ0n) is 10.8. The van der Waals surface area contributed by atoms with E-state index in [0.29, 0.717) is 11.3 Å². The average Bonchev–Trinajstić information content (AvgIpc) is 2.30. The maximum atomic E-state index is 11.6. The number of benzene rings is 1. The van der Waals surface area contributed by atoms with E-state index in [1.165, 1.54) is 7.11 Å². The zero-order valence-corrected chi connectivity index (χ0v) is 10.8. The summed E-state index contributed by atoms with van der Waals surface area (Å²) in [5.41, 5.74) is 7.43. The lowest BCUT2D eigenvalue weighted by atomic mass is 10.1. The summed E-state index contributed by atoms with van der Waals surface area (Å²) in [5.74, 6) is -0.604. The molecule has 0 aromatic heterocycles. The Labute approximate surface area is 106 Å². The highest BCUT2D eigenvalue weighted by Gasteiger charge is 2.11. The van der Waals surface area contributed by atoms with E-state index in [1.54, 1.807) is 25.1 Å². The molecule has 0 fully saturated rings. The standard InChI is InChI=1S/C13H18N2O3/c1-8-4-5-10(13(17)18-3)7-11(8)15-12(16)6-9(2)14/h4-5,7,9H,6,14H2,1-3H3,(H,15,16). The van der Waals surface area contributed by atoms with Gasteiger partial charge in [0.15, 0.2) is 0 Å². The summed E-state index contributed by atoms with van der Waals surface area (Å²) in [4.78, 5) is 23.0. The molecule has 1 rings (SSSR count). The lowest BCUT2D eigenvalue weighted by molar-refractivity contribution is -0.116. The van der Waals surface area contributed by atoms with Crippen LogP contribution in [0, 0.1) is 6.92 Å². The lowest BCUT2D eigenvalue weighted by Gasteiger charge is -2.11. The van der Waals surface area contributed by atoms with Gasteiger partial charge >= 0.3 is 5.97 Å². The third-order valence-corrected chi connectivity index (χ3v) is 2.44. The van der Waals surface area contributed by atoms with Crippen molar-refractivity contribution in [2.75, 3.05) is 12.4 Å². The van der Waals surface area contributed by atoms with E-state index in [1.807, 2.05) is 6.92 Å². The van der Waals surface area contributed by atoms with Crippen molar-refractivity contribution in [2.24, 2.45) is 5.73 Å². The van der Waals surface area contributed by atoms with Gasteiger partial charge in [-0.1, -0.05) is 6.07 Å². The van der Waals surface area contributed by atoms with E-state index < -0.39 is 5.97 Å². The Morgan fingerprint density at radius 1 is 1.44 bits per heavy atom. The summed E-state index contributed by atoms with van der Waals surface area (Å²) in [7, 11) is 1.32. The first-order chi connectivity index (χ1) is 8.43. The predicted molar refractivity (Wildman–Crippen MR) is 69.4 cm³/mol. The molecular formula is C13H18N2O3. The third kappa shape index (κ3) is 3.85. The predicted octanol–water partition coefficient (Wildman–Crippen LogP) is 1.46. The molecule has 1 unspecified atom stereocenters. The number of carbonyl (C=O) groups excluding carboxylic acids is 2. The molecule has 5 nitrogen and oxygen atoms in total. The van der Waals surface area contributed by atoms with Crippen LogP contribution >= 0.6 is 0 Å². The largest absolute Gasteiger partial charge is 0.465 e. The van der Waals surface area contributed by atoms with E-state index >= 15 is 0 Å². The number of anilines is 1. The number of carbonyl (C=O) groups is 2. The summed E-state index contributed by atoms with van der Waals surface area (Å²) in [6, 6.07) is 4.81. The van der Waals surface area contributed by atoms with Gasteiger partial charge in [0, 0.05) is 18.2 Å². The monoisotopic (exact) mass is 250 g/mol. The van der Waals surface area contributed by atoms with Crippen LogP contribution in [0.5, 0.6) is 0 Å². The van der Waals surface area contributed by atoms with Gasteiger partial charge in [-0.15, -0.1) is 0 Å². The lowest BCUT2D eigenvalue weighted by Crippen LogP contribution is -2.24. The molecule has 0 aliphatic heterocycles. The highest BCUT2D eigenvalue weighted by atomic mass is 16.5. The van der Waals surface area contributed by atoms with Crippen LogP contribution in [0.4, 0.5) is 5.69 Å². The first-order valence-electron chi connectivity index (χ1n) is 5.68. The van der Waals surface area contributed by atoms with E-state index in [2.05, 4.69) is 10.1 Å². The van der Waals surface area contributed by atoms with Crippen molar-refractivity contribution in [3.8, 4) is 0 Å². The van der Waals surface area contributed by atoms with Gasteiger partial charge in [-0.3, -0.25) is 4.79 Å². The van der Waals surface area contributed by atoms with Gasteiger partial charge in [-0.25, -0.2) is 4.79 Å². The van der Waals surface area contributed by atoms with Crippen LogP contribution in [0.15, 0.2) is 18.2 Å². The van der Waals surface area contributed by atoms with E-state index in [0.717, 1.165) is 5.56 Å². The fourth-order valence-electron chi connectivity index (χ4n) is 1.50. The quantitative estimate of drug-likeness (QED) is 0.793. The summed E-state index contributed by atoms with van der Waals surface area (Å²) in [6.45, 7) is 3.61. The van der Waals surface area contributed by atoms with E-state index in [-0.39, 0.29) is 18.4 Å². The third-order valence-electron chi connectivity index (χ3n) is 2.44. The van der Waals surface area contributed by atoms with Crippen LogP contribution in [0.25, 0.3) is 0 Å². The first-order valence-corrected chi connectivity index (χ1v) is 5.68. The minimum absolute atomic E-state index is 0.171. The molecule has 1 aromatic carbocycles. The van der Waals surface area contributed by atoms with Gasteiger partial charge in [0.25, 0.3) is 0 Å². The van der Waals surface area contributed by atoms with Gasteiger partial charge in [0.1, 0.15) is 0 Å². The number of rotatable bonds is 4. The van der Waals surface area contributed by atoms with Gasteiger partial charge in [-0.05, 0) is 31.5 Å². The molecule has 0 bridgehead atoms. The van der Waals surface area contributed by atoms with Crippen LogP contribution in [-0.4, -0.2) is 25.0 Å². The van der Waals surface area contributed by atoms with Crippen molar-refractivity contribution >= 4 is 17.6 Å². The molecule has 0 aliphatic rings. The molecule has 0 heterocycles. The molecule has 0 saturated carbocycles. The maximum absolute atomic E-state index is 11.6. The van der Waals surface area contributed by atoms with Gasteiger partial charge in [0.2, 0.25) is 5.91 Å². The fourth-order valence-corrected chi connectivity index (χ4v) is 1.50. The second kappa shape index (κ2) is 6.16. The fraction of sp³-hybridized carbons (Fsp3) is 0.385. The normalized spacial score (nSPS) is 11.8. The van der Waals surface area contributed by atoms with Crippen molar-refractivity contribution in [1.82, 2.24) is 0 Å². The molecule has 98 valence electrons. The van der Waals surface area contributed by atoms with Crippen LogP contribution in [0.1, 0.15) is 29.3 Å². The zero-order chi connectivity index (χ0) is 13.7. The number of ether oxygens (including phenoxy) is 1. The first kappa shape index (κ1) is 14.2. The number of nitrogens with two attached hydrogens (primary N) is 1. The minimum Gasteiger partial charge on any atom is -0.465 e. The molecule has 3 N–H and O–H groups in total. The van der Waals surface area contributed by atoms with Crippen LogP contribution in [-0.2, 0) is 9.53 Å². The highest BCUT2D eigenvalue weighted by Crippen LogP contribution is 2.17. The van der Waals surface area contributed by atoms with Gasteiger partial charge < -0.3 is 15.8 Å². The molecule has 1 atom stereocenters. The maximum Gasteiger partial charge on any atom is 0.337 e. The van der Waals surface area contributed by atoms with Crippen LogP contribution < -0.4 is 11.1 Å². The highest BCUT2D eigenvalue weighted by molar-refractivity contribution is 5.95. The molecule has 5 heteroatoms. The topological polar surface area (TPSA) is 81.4 Å². The Morgan fingerprint density at radius 2 is 2.11 bits per heavy atom. The minimum atomic E-state index is -0.433. The molecule has 0 saturated heterocycles. The Morgan fingerprint density at radius 3 is 2.67 bits per heavy atom. The van der Waals surface area contributed by atoms with Crippen molar-refractivity contribution in [3.63, 3.8) is 0 Å². The Hall–Kier alpha value is -1.88. The second-order valence-corrected chi connectivity index (χ2v) is 4.25. The number of aryl methyl sites for hydroxylation is 1. The Balaban J connectivity index is 2.87. The van der Waals surface area contributed by atoms with E-state index in [9.17, 15) is 9.59 Å².